The Morgan fingerprint density at radius 1 is 0.593 bits per heavy atom. The predicted molar refractivity (Wildman–Crippen MR) is 215 cm³/mol. The van der Waals surface area contributed by atoms with Crippen LogP contribution in [0.5, 0.6) is 0 Å². The summed E-state index contributed by atoms with van der Waals surface area (Å²) in [5, 5.41) is 18.3. The second-order valence-corrected chi connectivity index (χ2v) is 15.9. The molecule has 0 aliphatic heterocycles. The summed E-state index contributed by atoms with van der Waals surface area (Å²) in [7, 11) is -4.63. The van der Waals surface area contributed by atoms with Crippen molar-refractivity contribution in [3.05, 3.63) is 24.3 Å². The van der Waals surface area contributed by atoms with Crippen molar-refractivity contribution in [2.45, 2.75) is 199 Å². The van der Waals surface area contributed by atoms with Gasteiger partial charge in [0.1, 0.15) is 12.7 Å². The van der Waals surface area contributed by atoms with E-state index in [1.54, 1.807) is 12.2 Å². The first-order valence-electron chi connectivity index (χ1n) is 21.2. The standard InChI is InChI=1S/C42H77O11P/c1-3-5-7-8-9-10-11-12-13-14-15-18-22-25-29-33-42(47)53-40(37-52-54(48,49)51-35-39(45)34-43)36-50-41(46)32-28-24-21-19-16-17-20-23-27-31-38(44)30-26-6-4-2/h20,23,27,31,39-40,43,45H,3-19,21-22,24-26,28-30,32-37H2,1-2H3,(H,48,49)/b23-20-,31-27+/t39-,40+/m0/s1. The van der Waals surface area contributed by atoms with E-state index in [0.29, 0.717) is 19.3 Å². The topological polar surface area (TPSA) is 166 Å². The van der Waals surface area contributed by atoms with E-state index >= 15 is 0 Å². The summed E-state index contributed by atoms with van der Waals surface area (Å²) in [6.07, 6.45) is 32.6. The van der Waals surface area contributed by atoms with Crippen LogP contribution in [0.2, 0.25) is 0 Å². The molecule has 0 aliphatic rings. The molecule has 0 aromatic rings. The number of esters is 2. The minimum Gasteiger partial charge on any atom is -0.462 e. The van der Waals surface area contributed by atoms with Crippen molar-refractivity contribution in [3.8, 4) is 0 Å². The average molecular weight is 789 g/mol. The van der Waals surface area contributed by atoms with Crippen LogP contribution in [0.1, 0.15) is 187 Å². The van der Waals surface area contributed by atoms with Gasteiger partial charge in [-0.3, -0.25) is 23.4 Å². The third-order valence-electron chi connectivity index (χ3n) is 9.08. The number of ketones is 1. The molecule has 3 atom stereocenters. The second-order valence-electron chi connectivity index (χ2n) is 14.4. The Morgan fingerprint density at radius 2 is 1.06 bits per heavy atom. The first kappa shape index (κ1) is 52.1. The summed E-state index contributed by atoms with van der Waals surface area (Å²) in [5.41, 5.74) is 0. The van der Waals surface area contributed by atoms with Crippen molar-refractivity contribution in [2.24, 2.45) is 0 Å². The van der Waals surface area contributed by atoms with E-state index in [1.165, 1.54) is 70.6 Å². The SMILES string of the molecule is CCCCCCCCCCCCCCCCCC(=O)O[C@H](COC(=O)CCCCCCC/C=C\C=C\C(=O)CCCCC)COP(=O)(O)OC[C@@H](O)CO. The zero-order chi connectivity index (χ0) is 40.0. The van der Waals surface area contributed by atoms with Gasteiger partial charge in [0.25, 0.3) is 0 Å². The van der Waals surface area contributed by atoms with Crippen molar-refractivity contribution in [3.63, 3.8) is 0 Å². The van der Waals surface area contributed by atoms with Crippen molar-refractivity contribution in [1.82, 2.24) is 0 Å². The van der Waals surface area contributed by atoms with Crippen molar-refractivity contribution >= 4 is 25.5 Å². The molecule has 54 heavy (non-hydrogen) atoms. The molecular weight excluding hydrogens is 711 g/mol. The summed E-state index contributed by atoms with van der Waals surface area (Å²) < 4.78 is 32.6. The molecule has 0 spiro atoms. The van der Waals surface area contributed by atoms with Crippen LogP contribution < -0.4 is 0 Å². The number of unbranched alkanes of at least 4 members (excludes halogenated alkanes) is 21. The largest absolute Gasteiger partial charge is 0.472 e. The van der Waals surface area contributed by atoms with Gasteiger partial charge in [-0.05, 0) is 38.2 Å². The Bertz CT molecular complexity index is 1020. The first-order chi connectivity index (χ1) is 26.1. The van der Waals surface area contributed by atoms with Gasteiger partial charge in [0.2, 0.25) is 0 Å². The highest BCUT2D eigenvalue weighted by Gasteiger charge is 2.27. The molecule has 12 heteroatoms. The summed E-state index contributed by atoms with van der Waals surface area (Å²) in [5.74, 6) is -0.813. The van der Waals surface area contributed by atoms with E-state index in [0.717, 1.165) is 70.6 Å². The van der Waals surface area contributed by atoms with E-state index in [4.69, 9.17) is 19.1 Å². The molecule has 0 saturated carbocycles. The quantitative estimate of drug-likeness (QED) is 0.0178. The Hall–Kier alpha value is -1.88. The molecule has 0 saturated heterocycles. The molecule has 0 rings (SSSR count). The van der Waals surface area contributed by atoms with Gasteiger partial charge >= 0.3 is 19.8 Å². The maximum absolute atomic E-state index is 12.6. The third-order valence-corrected chi connectivity index (χ3v) is 10.0. The van der Waals surface area contributed by atoms with Gasteiger partial charge in [0.15, 0.2) is 11.9 Å². The first-order valence-corrected chi connectivity index (χ1v) is 22.7. The summed E-state index contributed by atoms with van der Waals surface area (Å²) in [4.78, 5) is 46.7. The number of aliphatic hydroxyl groups is 2. The van der Waals surface area contributed by atoms with Crippen molar-refractivity contribution in [1.29, 1.82) is 0 Å². The van der Waals surface area contributed by atoms with Crippen LogP contribution in [0.25, 0.3) is 0 Å². The van der Waals surface area contributed by atoms with Crippen LogP contribution in [0.3, 0.4) is 0 Å². The number of rotatable bonds is 40. The van der Waals surface area contributed by atoms with Crippen molar-refractivity contribution < 1.29 is 52.6 Å². The van der Waals surface area contributed by atoms with Gasteiger partial charge < -0.3 is 24.6 Å². The number of phosphoric ester groups is 1. The predicted octanol–water partition coefficient (Wildman–Crippen LogP) is 10.2. The highest BCUT2D eigenvalue weighted by molar-refractivity contribution is 7.47. The number of hydrogen-bond donors (Lipinski definition) is 3. The molecule has 3 N–H and O–H groups in total. The van der Waals surface area contributed by atoms with Crippen molar-refractivity contribution in [2.75, 3.05) is 26.4 Å². The molecule has 0 aromatic carbocycles. The molecule has 316 valence electrons. The number of hydrogen-bond acceptors (Lipinski definition) is 10. The second kappa shape index (κ2) is 38.0. The van der Waals surface area contributed by atoms with Gasteiger partial charge in [-0.1, -0.05) is 154 Å². The number of carbonyl (C=O) groups is 3. The summed E-state index contributed by atoms with van der Waals surface area (Å²) >= 11 is 0. The Balaban J connectivity index is 4.36. The summed E-state index contributed by atoms with van der Waals surface area (Å²) in [6.45, 7) is 2.18. The van der Waals surface area contributed by atoms with Gasteiger partial charge in [-0.25, -0.2) is 4.57 Å². The average Bonchev–Trinajstić information content (AvgIpc) is 3.15. The number of aliphatic hydroxyl groups excluding tert-OH is 2. The highest BCUT2D eigenvalue weighted by Crippen LogP contribution is 2.43. The number of carbonyl (C=O) groups excluding carboxylic acids is 3. The molecule has 0 aromatic heterocycles. The molecule has 0 aliphatic carbocycles. The number of phosphoric acid groups is 1. The van der Waals surface area contributed by atoms with E-state index in [-0.39, 0.29) is 25.2 Å². The van der Waals surface area contributed by atoms with Crippen LogP contribution in [-0.4, -0.2) is 71.5 Å². The van der Waals surface area contributed by atoms with Crippen LogP contribution in [0.4, 0.5) is 0 Å². The molecule has 0 amide bonds. The molecule has 0 bridgehead atoms. The van der Waals surface area contributed by atoms with Crippen LogP contribution in [0.15, 0.2) is 24.3 Å². The Morgan fingerprint density at radius 3 is 1.61 bits per heavy atom. The molecule has 11 nitrogen and oxygen atoms in total. The lowest BCUT2D eigenvalue weighted by molar-refractivity contribution is -0.161. The Labute approximate surface area is 327 Å². The zero-order valence-electron chi connectivity index (χ0n) is 33.9. The normalized spacial score (nSPS) is 14.0. The van der Waals surface area contributed by atoms with E-state index in [9.17, 15) is 28.9 Å². The maximum atomic E-state index is 12.6. The maximum Gasteiger partial charge on any atom is 0.472 e. The minimum absolute atomic E-state index is 0.166. The van der Waals surface area contributed by atoms with Gasteiger partial charge in [-0.2, -0.15) is 0 Å². The summed E-state index contributed by atoms with van der Waals surface area (Å²) in [6, 6.07) is 0. The van der Waals surface area contributed by atoms with E-state index in [1.807, 2.05) is 6.08 Å². The monoisotopic (exact) mass is 789 g/mol. The highest BCUT2D eigenvalue weighted by atomic mass is 31.2. The third kappa shape index (κ3) is 37.1. The lowest BCUT2D eigenvalue weighted by Crippen LogP contribution is -2.29. The van der Waals surface area contributed by atoms with E-state index in [2.05, 4.69) is 24.4 Å². The molecule has 0 radical (unpaired) electrons. The fourth-order valence-corrected chi connectivity index (χ4v) is 6.53. The minimum atomic E-state index is -4.63. The lowest BCUT2D eigenvalue weighted by atomic mass is 10.0. The van der Waals surface area contributed by atoms with Crippen LogP contribution >= 0.6 is 7.82 Å². The van der Waals surface area contributed by atoms with Gasteiger partial charge in [-0.15, -0.1) is 0 Å². The van der Waals surface area contributed by atoms with Gasteiger partial charge in [0.05, 0.1) is 19.8 Å². The zero-order valence-corrected chi connectivity index (χ0v) is 34.8. The number of allylic oxidation sites excluding steroid dienone is 4. The molecule has 1 unspecified atom stereocenters. The fourth-order valence-electron chi connectivity index (χ4n) is 5.74. The number of ether oxygens (including phenoxy) is 2. The van der Waals surface area contributed by atoms with E-state index < -0.39 is 51.8 Å². The van der Waals surface area contributed by atoms with Crippen LogP contribution in [-0.2, 0) is 37.5 Å². The Kier molecular flexibility index (Phi) is 36.7. The smallest absolute Gasteiger partial charge is 0.462 e. The fraction of sp³-hybridized carbons (Fsp3) is 0.833. The van der Waals surface area contributed by atoms with Gasteiger partial charge in [0, 0.05) is 19.3 Å². The molecule has 0 heterocycles. The molecular formula is C42H77O11P. The lowest BCUT2D eigenvalue weighted by Gasteiger charge is -2.20. The van der Waals surface area contributed by atoms with Crippen LogP contribution in [0, 0.1) is 0 Å². The molecule has 0 fully saturated rings.